The Balaban J connectivity index is 1.96. The van der Waals surface area contributed by atoms with Gasteiger partial charge in [0.1, 0.15) is 12.1 Å². The molecule has 0 aromatic carbocycles. The third-order valence-electron chi connectivity index (χ3n) is 3.69. The first kappa shape index (κ1) is 15.2. The summed E-state index contributed by atoms with van der Waals surface area (Å²) in [4.78, 5) is 6.49. The first-order valence-electron chi connectivity index (χ1n) is 7.49. The molecule has 0 bridgehead atoms. The molecule has 0 amide bonds. The van der Waals surface area contributed by atoms with Gasteiger partial charge >= 0.3 is 0 Å². The van der Waals surface area contributed by atoms with Gasteiger partial charge in [0.25, 0.3) is 0 Å². The summed E-state index contributed by atoms with van der Waals surface area (Å²) in [5, 5.41) is 12.7. The van der Waals surface area contributed by atoms with Crippen LogP contribution in [0.3, 0.4) is 0 Å². The van der Waals surface area contributed by atoms with Crippen LogP contribution in [-0.4, -0.2) is 39.0 Å². The van der Waals surface area contributed by atoms with Crippen LogP contribution < -0.4 is 9.64 Å². The fraction of sp³-hybridized carbons (Fsp3) is 0.375. The summed E-state index contributed by atoms with van der Waals surface area (Å²) in [6, 6.07) is 5.83. The zero-order valence-electron chi connectivity index (χ0n) is 13.8. The summed E-state index contributed by atoms with van der Waals surface area (Å²) >= 11 is 0. The van der Waals surface area contributed by atoms with E-state index in [-0.39, 0.29) is 0 Å². The van der Waals surface area contributed by atoms with Gasteiger partial charge in [0.05, 0.1) is 30.7 Å². The lowest BCUT2D eigenvalue weighted by Crippen LogP contribution is -2.19. The molecule has 0 aliphatic heterocycles. The van der Waals surface area contributed by atoms with Gasteiger partial charge in [0.15, 0.2) is 0 Å². The highest BCUT2D eigenvalue weighted by Crippen LogP contribution is 2.24. The van der Waals surface area contributed by atoms with Crippen LogP contribution in [0.1, 0.15) is 31.2 Å². The van der Waals surface area contributed by atoms with Gasteiger partial charge in [0.2, 0.25) is 5.65 Å². The Morgan fingerprint density at radius 3 is 2.87 bits per heavy atom. The van der Waals surface area contributed by atoms with Gasteiger partial charge in [-0.25, -0.2) is 0 Å². The Hall–Kier alpha value is -2.70. The van der Waals surface area contributed by atoms with E-state index in [2.05, 4.69) is 45.1 Å². The maximum absolute atomic E-state index is 5.26. The van der Waals surface area contributed by atoms with Crippen molar-refractivity contribution in [1.82, 2.24) is 24.8 Å². The molecule has 3 heterocycles. The zero-order chi connectivity index (χ0) is 16.4. The van der Waals surface area contributed by atoms with Gasteiger partial charge in [-0.1, -0.05) is 13.8 Å². The lowest BCUT2D eigenvalue weighted by Gasteiger charge is -2.20. The Morgan fingerprint density at radius 2 is 2.13 bits per heavy atom. The number of aromatic nitrogens is 5. The van der Waals surface area contributed by atoms with Crippen molar-refractivity contribution < 1.29 is 4.74 Å². The van der Waals surface area contributed by atoms with Crippen LogP contribution in [0.25, 0.3) is 5.65 Å². The van der Waals surface area contributed by atoms with Crippen molar-refractivity contribution in [3.05, 3.63) is 42.1 Å². The van der Waals surface area contributed by atoms with Crippen LogP contribution in [0.15, 0.2) is 30.7 Å². The highest BCUT2D eigenvalue weighted by atomic mass is 16.5. The molecule has 0 radical (unpaired) electrons. The molecule has 0 saturated heterocycles. The van der Waals surface area contributed by atoms with Crippen molar-refractivity contribution in [3.8, 4) is 5.75 Å². The topological polar surface area (TPSA) is 68.4 Å². The molecule has 0 saturated carbocycles. The van der Waals surface area contributed by atoms with Crippen molar-refractivity contribution in [1.29, 1.82) is 0 Å². The molecule has 0 spiro atoms. The second-order valence-electron chi connectivity index (χ2n) is 5.75. The first-order valence-corrected chi connectivity index (χ1v) is 7.49. The highest BCUT2D eigenvalue weighted by Gasteiger charge is 2.14. The molecule has 0 aliphatic rings. The second kappa shape index (κ2) is 6.20. The molecule has 0 aliphatic carbocycles. The lowest BCUT2D eigenvalue weighted by molar-refractivity contribution is 0.413. The molecule has 120 valence electrons. The van der Waals surface area contributed by atoms with Crippen LogP contribution in [0.2, 0.25) is 0 Å². The van der Waals surface area contributed by atoms with E-state index >= 15 is 0 Å². The fourth-order valence-electron chi connectivity index (χ4n) is 2.39. The number of methoxy groups -OCH3 is 1. The van der Waals surface area contributed by atoms with E-state index in [1.807, 2.05) is 19.2 Å². The van der Waals surface area contributed by atoms with E-state index < -0.39 is 0 Å². The van der Waals surface area contributed by atoms with Crippen LogP contribution in [-0.2, 0) is 6.54 Å². The highest BCUT2D eigenvalue weighted by molar-refractivity contribution is 5.68. The quantitative estimate of drug-likeness (QED) is 0.720. The largest absolute Gasteiger partial charge is 0.497 e. The van der Waals surface area contributed by atoms with Crippen LogP contribution >= 0.6 is 0 Å². The summed E-state index contributed by atoms with van der Waals surface area (Å²) in [6.07, 6.45) is 3.38. The Morgan fingerprint density at radius 1 is 1.30 bits per heavy atom. The number of nitrogens with zero attached hydrogens (tertiary/aromatic N) is 6. The molecule has 3 rings (SSSR count). The third kappa shape index (κ3) is 3.08. The lowest BCUT2D eigenvalue weighted by atomic mass is 10.1. The van der Waals surface area contributed by atoms with Crippen LogP contribution in [0, 0.1) is 0 Å². The second-order valence-corrected chi connectivity index (χ2v) is 5.75. The van der Waals surface area contributed by atoms with Crippen molar-refractivity contribution in [2.75, 3.05) is 19.1 Å². The number of ether oxygens (including phenoxy) is 1. The van der Waals surface area contributed by atoms with Gasteiger partial charge in [-0.3, -0.25) is 4.98 Å². The maximum atomic E-state index is 5.26. The summed E-state index contributed by atoms with van der Waals surface area (Å²) in [5.41, 5.74) is 3.63. The number of fused-ring (bicyclic) bond motifs is 1. The van der Waals surface area contributed by atoms with Gasteiger partial charge in [-0.05, 0) is 18.1 Å². The van der Waals surface area contributed by atoms with Crippen LogP contribution in [0.4, 0.5) is 5.69 Å². The average Bonchev–Trinajstić information content (AvgIpc) is 3.02. The molecule has 3 aromatic rings. The predicted molar refractivity (Wildman–Crippen MR) is 87.8 cm³/mol. The summed E-state index contributed by atoms with van der Waals surface area (Å²) in [6.45, 7) is 4.87. The summed E-state index contributed by atoms with van der Waals surface area (Å²) in [7, 11) is 3.66. The van der Waals surface area contributed by atoms with E-state index in [0.717, 1.165) is 28.5 Å². The van der Waals surface area contributed by atoms with Crippen molar-refractivity contribution >= 4 is 11.3 Å². The molecule has 23 heavy (non-hydrogen) atoms. The third-order valence-corrected chi connectivity index (χ3v) is 3.69. The van der Waals surface area contributed by atoms with E-state index in [4.69, 9.17) is 4.74 Å². The standard InChI is InChI=1S/C16H20N6O/c1-11(2)14-8-15(16-19-18-10-22(16)20-14)21(3)9-12-7-13(23-4)5-6-17-12/h5-8,10-11H,9H2,1-4H3. The van der Waals surface area contributed by atoms with Crippen molar-refractivity contribution in [3.63, 3.8) is 0 Å². The summed E-state index contributed by atoms with van der Waals surface area (Å²) in [5.74, 6) is 1.12. The molecule has 3 aromatic heterocycles. The molecule has 0 fully saturated rings. The normalized spacial score (nSPS) is 11.2. The van der Waals surface area contributed by atoms with Crippen molar-refractivity contribution in [2.45, 2.75) is 26.3 Å². The molecule has 0 N–H and O–H groups in total. The first-order chi connectivity index (χ1) is 11.1. The van der Waals surface area contributed by atoms with Crippen LogP contribution in [0.5, 0.6) is 5.75 Å². The number of anilines is 1. The van der Waals surface area contributed by atoms with Gasteiger partial charge < -0.3 is 9.64 Å². The molecule has 0 atom stereocenters. The van der Waals surface area contributed by atoms with Gasteiger partial charge in [-0.2, -0.15) is 9.61 Å². The molecule has 7 nitrogen and oxygen atoms in total. The number of hydrogen-bond donors (Lipinski definition) is 0. The molecular formula is C16H20N6O. The van der Waals surface area contributed by atoms with E-state index in [9.17, 15) is 0 Å². The Bertz CT molecular complexity index is 813. The van der Waals surface area contributed by atoms with E-state index in [1.165, 1.54) is 0 Å². The molecular weight excluding hydrogens is 292 g/mol. The smallest absolute Gasteiger partial charge is 0.200 e. The molecule has 0 unspecified atom stereocenters. The van der Waals surface area contributed by atoms with E-state index in [0.29, 0.717) is 12.5 Å². The SMILES string of the molecule is COc1ccnc(CN(C)c2cc(C(C)C)nn3cnnc23)c1. The van der Waals surface area contributed by atoms with Gasteiger partial charge in [0, 0.05) is 19.3 Å². The monoisotopic (exact) mass is 312 g/mol. The zero-order valence-corrected chi connectivity index (χ0v) is 13.8. The number of hydrogen-bond acceptors (Lipinski definition) is 6. The minimum Gasteiger partial charge on any atom is -0.497 e. The average molecular weight is 312 g/mol. The Labute approximate surface area is 134 Å². The maximum Gasteiger partial charge on any atom is 0.200 e. The number of pyridine rings is 1. The Kier molecular flexibility index (Phi) is 4.10. The number of rotatable bonds is 5. The minimum atomic E-state index is 0.323. The van der Waals surface area contributed by atoms with Gasteiger partial charge in [-0.15, -0.1) is 10.2 Å². The van der Waals surface area contributed by atoms with E-state index in [1.54, 1.807) is 24.1 Å². The van der Waals surface area contributed by atoms with Crippen molar-refractivity contribution in [2.24, 2.45) is 0 Å². The minimum absolute atomic E-state index is 0.323. The summed E-state index contributed by atoms with van der Waals surface area (Å²) < 4.78 is 6.98. The predicted octanol–water partition coefficient (Wildman–Crippen LogP) is 2.29. The fourth-order valence-corrected chi connectivity index (χ4v) is 2.39. The molecule has 7 heteroatoms.